The molecule has 0 aliphatic carbocycles. The molecule has 3 rings (SSSR count). The van der Waals surface area contributed by atoms with Gasteiger partial charge in [0.15, 0.2) is 12.2 Å². The highest BCUT2D eigenvalue weighted by molar-refractivity contribution is 5.99. The summed E-state index contributed by atoms with van der Waals surface area (Å²) in [6.45, 7) is 0.0416. The van der Waals surface area contributed by atoms with Gasteiger partial charge in [-0.25, -0.2) is 9.59 Å². The van der Waals surface area contributed by atoms with Crippen LogP contribution in [0.5, 0.6) is 0 Å². The lowest BCUT2D eigenvalue weighted by Crippen LogP contribution is -2.40. The first-order valence-electron chi connectivity index (χ1n) is 4.43. The Labute approximate surface area is 83.1 Å². The maximum atomic E-state index is 11.3. The zero-order chi connectivity index (χ0) is 10.6. The number of ether oxygens (including phenoxy) is 2. The second-order valence-corrected chi connectivity index (χ2v) is 3.59. The van der Waals surface area contributed by atoms with Crippen molar-refractivity contribution in [3.8, 4) is 0 Å². The Morgan fingerprint density at radius 1 is 1.00 bits per heavy atom. The van der Waals surface area contributed by atoms with Gasteiger partial charge in [-0.1, -0.05) is 0 Å². The number of esters is 2. The molecule has 3 fully saturated rings. The Kier molecular flexibility index (Phi) is 1.63. The molecule has 3 saturated heterocycles. The molecule has 0 aromatic rings. The van der Waals surface area contributed by atoms with Gasteiger partial charge < -0.3 is 9.47 Å². The molecule has 3 heterocycles. The summed E-state index contributed by atoms with van der Waals surface area (Å²) < 4.78 is 9.54. The molecule has 0 N–H and O–H groups in total. The third-order valence-corrected chi connectivity index (χ3v) is 2.81. The Balaban J connectivity index is 1.94. The van der Waals surface area contributed by atoms with E-state index in [1.54, 1.807) is 0 Å². The van der Waals surface area contributed by atoms with Crippen molar-refractivity contribution in [2.75, 3.05) is 6.61 Å². The Bertz CT molecular complexity index is 362. The van der Waals surface area contributed by atoms with Gasteiger partial charge in [0.2, 0.25) is 0 Å². The molecule has 3 aliphatic rings. The van der Waals surface area contributed by atoms with E-state index in [0.717, 1.165) is 0 Å². The third-order valence-electron chi connectivity index (χ3n) is 2.81. The molecule has 3 aliphatic heterocycles. The fourth-order valence-corrected chi connectivity index (χ4v) is 2.12. The first kappa shape index (κ1) is 8.81. The zero-order valence-corrected chi connectivity index (χ0v) is 7.37. The highest BCUT2D eigenvalue weighted by Crippen LogP contribution is 2.40. The fraction of sp³-hybridized carbons (Fsp3) is 0.625. The molecule has 4 atom stereocenters. The van der Waals surface area contributed by atoms with Crippen molar-refractivity contribution in [2.45, 2.75) is 12.2 Å². The van der Waals surface area contributed by atoms with Crippen molar-refractivity contribution in [3.63, 3.8) is 0 Å². The van der Waals surface area contributed by atoms with Gasteiger partial charge in [-0.15, -0.1) is 0 Å². The van der Waals surface area contributed by atoms with Gasteiger partial charge in [0.25, 0.3) is 0 Å². The van der Waals surface area contributed by atoms with Crippen LogP contribution in [0.25, 0.3) is 0 Å². The lowest BCUT2D eigenvalue weighted by atomic mass is 9.88. The number of carbonyl (C=O) groups excluding carboxylic acids is 3. The molecule has 4 unspecified atom stereocenters. The molecule has 0 spiro atoms. The van der Waals surface area contributed by atoms with Gasteiger partial charge in [-0.2, -0.15) is 4.89 Å². The number of hydrogen-bond acceptors (Lipinski definition) is 7. The molecule has 0 radical (unpaired) electrons. The maximum Gasteiger partial charge on any atom is 0.371 e. The van der Waals surface area contributed by atoms with Gasteiger partial charge in [0.05, 0.1) is 0 Å². The van der Waals surface area contributed by atoms with Crippen LogP contribution in [0.2, 0.25) is 0 Å². The van der Waals surface area contributed by atoms with E-state index in [1.165, 1.54) is 0 Å². The van der Waals surface area contributed by atoms with Crippen LogP contribution in [0.15, 0.2) is 0 Å². The Morgan fingerprint density at radius 3 is 2.60 bits per heavy atom. The second kappa shape index (κ2) is 2.77. The predicted molar refractivity (Wildman–Crippen MR) is 38.8 cm³/mol. The van der Waals surface area contributed by atoms with Crippen molar-refractivity contribution in [2.24, 2.45) is 11.8 Å². The average Bonchev–Trinajstić information content (AvgIpc) is 2.68. The normalized spacial score (nSPS) is 43.3. The quantitative estimate of drug-likeness (QED) is 0.277. The smallest absolute Gasteiger partial charge is 0.371 e. The van der Waals surface area contributed by atoms with Crippen LogP contribution in [0, 0.1) is 11.8 Å². The van der Waals surface area contributed by atoms with Gasteiger partial charge in [-0.05, 0) is 0 Å². The van der Waals surface area contributed by atoms with E-state index in [1.807, 2.05) is 0 Å². The largest absolute Gasteiger partial charge is 0.391 e. The topological polar surface area (TPSA) is 88.1 Å². The molecule has 0 aromatic heterocycles. The monoisotopic (exact) mass is 214 g/mol. The highest BCUT2D eigenvalue weighted by Gasteiger charge is 2.61. The van der Waals surface area contributed by atoms with Crippen LogP contribution in [0.1, 0.15) is 0 Å². The molecule has 7 nitrogen and oxygen atoms in total. The van der Waals surface area contributed by atoms with Crippen LogP contribution < -0.4 is 0 Å². The third kappa shape index (κ3) is 1.04. The zero-order valence-electron chi connectivity index (χ0n) is 7.37. The molecule has 0 saturated carbocycles. The molecular weight excluding hydrogens is 208 g/mol. The lowest BCUT2D eigenvalue weighted by molar-refractivity contribution is -0.305. The molecular formula is C8H6O7. The van der Waals surface area contributed by atoms with E-state index in [0.29, 0.717) is 0 Å². The van der Waals surface area contributed by atoms with Crippen LogP contribution in [0.4, 0.5) is 0 Å². The van der Waals surface area contributed by atoms with Crippen LogP contribution in [-0.4, -0.2) is 36.7 Å². The molecule has 0 aromatic carbocycles. The van der Waals surface area contributed by atoms with Crippen molar-refractivity contribution >= 4 is 17.9 Å². The minimum atomic E-state index is -0.984. The summed E-state index contributed by atoms with van der Waals surface area (Å²) in [5.74, 6) is -3.34. The fourth-order valence-electron chi connectivity index (χ4n) is 2.12. The van der Waals surface area contributed by atoms with Gasteiger partial charge in [0, 0.05) is 5.92 Å². The van der Waals surface area contributed by atoms with E-state index in [9.17, 15) is 14.4 Å². The molecule has 0 bridgehead atoms. The number of cyclic esters (lactones) is 2. The highest BCUT2D eigenvalue weighted by atomic mass is 17.2. The summed E-state index contributed by atoms with van der Waals surface area (Å²) in [6, 6.07) is 0. The van der Waals surface area contributed by atoms with Gasteiger partial charge >= 0.3 is 17.9 Å². The number of hydrogen-bond donors (Lipinski definition) is 0. The standard InChI is InChI=1S/C8H6O7/c9-6-3-2-1-12-15-8(11)4(2)13-5(3)7(10)14-6/h2-5H,1H2. The summed E-state index contributed by atoms with van der Waals surface area (Å²) in [5.41, 5.74) is 0. The first-order valence-corrected chi connectivity index (χ1v) is 4.43. The van der Waals surface area contributed by atoms with Gasteiger partial charge in [0.1, 0.15) is 12.5 Å². The molecule has 15 heavy (non-hydrogen) atoms. The van der Waals surface area contributed by atoms with Crippen molar-refractivity contribution in [1.29, 1.82) is 0 Å². The van der Waals surface area contributed by atoms with Crippen LogP contribution in [-0.2, 0) is 33.6 Å². The first-order chi connectivity index (χ1) is 7.18. The molecule has 80 valence electrons. The number of rotatable bonds is 0. The Hall–Kier alpha value is -1.47. The van der Waals surface area contributed by atoms with E-state index in [2.05, 4.69) is 14.5 Å². The van der Waals surface area contributed by atoms with Crippen LogP contribution in [0.3, 0.4) is 0 Å². The maximum absolute atomic E-state index is 11.3. The average molecular weight is 214 g/mol. The predicted octanol–water partition coefficient (Wildman–Crippen LogP) is -1.44. The van der Waals surface area contributed by atoms with Crippen molar-refractivity contribution in [3.05, 3.63) is 0 Å². The Morgan fingerprint density at radius 2 is 1.80 bits per heavy atom. The minimum Gasteiger partial charge on any atom is -0.391 e. The van der Waals surface area contributed by atoms with Crippen molar-refractivity contribution < 1.29 is 33.6 Å². The minimum absolute atomic E-state index is 0.0416. The summed E-state index contributed by atoms with van der Waals surface area (Å²) in [6.07, 6.45) is -1.88. The summed E-state index contributed by atoms with van der Waals surface area (Å²) in [7, 11) is 0. The van der Waals surface area contributed by atoms with E-state index >= 15 is 0 Å². The summed E-state index contributed by atoms with van der Waals surface area (Å²) in [5, 5.41) is 0. The second-order valence-electron chi connectivity index (χ2n) is 3.59. The summed E-state index contributed by atoms with van der Waals surface area (Å²) in [4.78, 5) is 42.5. The van der Waals surface area contributed by atoms with Crippen LogP contribution >= 0.6 is 0 Å². The number of fused-ring (bicyclic) bond motifs is 3. The summed E-state index contributed by atoms with van der Waals surface area (Å²) >= 11 is 0. The van der Waals surface area contributed by atoms with Gasteiger partial charge in [-0.3, -0.25) is 9.68 Å². The van der Waals surface area contributed by atoms with Crippen molar-refractivity contribution in [1.82, 2.24) is 0 Å². The molecule has 7 heteroatoms. The molecule has 0 amide bonds. The van der Waals surface area contributed by atoms with E-state index in [4.69, 9.17) is 4.74 Å². The lowest BCUT2D eigenvalue weighted by Gasteiger charge is -2.22. The van der Waals surface area contributed by atoms with E-state index < -0.39 is 42.0 Å². The SMILES string of the molecule is O=C1OOCC2C1OC1C(=O)OC(=O)C12. The van der Waals surface area contributed by atoms with E-state index in [-0.39, 0.29) is 6.61 Å². The number of carbonyl (C=O) groups is 3.